The van der Waals surface area contributed by atoms with Gasteiger partial charge < -0.3 is 15.2 Å². The predicted octanol–water partition coefficient (Wildman–Crippen LogP) is 5.94. The standard InChI is InChI=1S/C23H24Cl3N5O2S/c1-12(2)20(28-22(33)14-6-8-16(25)17(26)9-14)21-29-30-23(31(21)4)34-11-19(32)27-18-10-15(24)7-5-13(18)3/h5-10,12,20H,11H2,1-4H3,(H,27,32)(H,28,33)/t20-/m0/s1. The fourth-order valence-electron chi connectivity index (χ4n) is 3.16. The molecule has 1 heterocycles. The Morgan fingerprint density at radius 2 is 1.79 bits per heavy atom. The zero-order valence-corrected chi connectivity index (χ0v) is 22.1. The number of amides is 2. The van der Waals surface area contributed by atoms with E-state index < -0.39 is 6.04 Å². The highest BCUT2D eigenvalue weighted by Gasteiger charge is 2.25. The molecule has 3 rings (SSSR count). The van der Waals surface area contributed by atoms with Gasteiger partial charge in [-0.2, -0.15) is 0 Å². The van der Waals surface area contributed by atoms with Crippen molar-refractivity contribution in [3.05, 3.63) is 68.4 Å². The van der Waals surface area contributed by atoms with Gasteiger partial charge >= 0.3 is 0 Å². The monoisotopic (exact) mass is 539 g/mol. The number of benzene rings is 2. The summed E-state index contributed by atoms with van der Waals surface area (Å²) in [5.74, 6) is 0.262. The lowest BCUT2D eigenvalue weighted by Gasteiger charge is -2.22. The molecule has 0 radical (unpaired) electrons. The topological polar surface area (TPSA) is 88.9 Å². The van der Waals surface area contributed by atoms with Crippen LogP contribution in [0, 0.1) is 12.8 Å². The minimum absolute atomic E-state index is 0.0292. The Morgan fingerprint density at radius 3 is 2.47 bits per heavy atom. The van der Waals surface area contributed by atoms with Crippen molar-refractivity contribution in [2.75, 3.05) is 11.1 Å². The number of aryl methyl sites for hydroxylation is 1. The molecule has 0 saturated heterocycles. The smallest absolute Gasteiger partial charge is 0.251 e. The molecule has 1 aromatic heterocycles. The average Bonchev–Trinajstić information content (AvgIpc) is 3.14. The van der Waals surface area contributed by atoms with Crippen LogP contribution in [0.2, 0.25) is 15.1 Å². The molecule has 0 unspecified atom stereocenters. The number of nitrogens with zero attached hydrogens (tertiary/aromatic N) is 3. The van der Waals surface area contributed by atoms with Crippen molar-refractivity contribution in [1.29, 1.82) is 0 Å². The molecule has 1 atom stereocenters. The van der Waals surface area contributed by atoms with E-state index in [0.717, 1.165) is 5.56 Å². The van der Waals surface area contributed by atoms with E-state index in [1.165, 1.54) is 17.8 Å². The minimum Gasteiger partial charge on any atom is -0.342 e. The Bertz CT molecular complexity index is 1220. The lowest BCUT2D eigenvalue weighted by atomic mass is 10.0. The molecule has 0 saturated carbocycles. The summed E-state index contributed by atoms with van der Waals surface area (Å²) in [6.07, 6.45) is 0. The maximum Gasteiger partial charge on any atom is 0.251 e. The van der Waals surface area contributed by atoms with Gasteiger partial charge in [0.25, 0.3) is 5.91 Å². The molecule has 0 fully saturated rings. The summed E-state index contributed by atoms with van der Waals surface area (Å²) >= 11 is 19.3. The third kappa shape index (κ3) is 6.44. The largest absolute Gasteiger partial charge is 0.342 e. The Hall–Kier alpha value is -2.26. The van der Waals surface area contributed by atoms with Gasteiger partial charge in [0.05, 0.1) is 21.8 Å². The second kappa shape index (κ2) is 11.4. The molecule has 0 aliphatic carbocycles. The first kappa shape index (κ1) is 26.3. The van der Waals surface area contributed by atoms with Crippen molar-refractivity contribution >= 4 is 64.1 Å². The number of thioether (sulfide) groups is 1. The first-order chi connectivity index (χ1) is 16.1. The molecule has 7 nitrogen and oxygen atoms in total. The van der Waals surface area contributed by atoms with Gasteiger partial charge in [-0.1, -0.05) is 66.5 Å². The second-order valence-corrected chi connectivity index (χ2v) is 10.2. The minimum atomic E-state index is -0.406. The number of aromatic nitrogens is 3. The third-order valence-corrected chi connectivity index (χ3v) is 7.08. The molecular formula is C23H24Cl3N5O2S. The van der Waals surface area contributed by atoms with Gasteiger partial charge in [-0.15, -0.1) is 10.2 Å². The van der Waals surface area contributed by atoms with Gasteiger partial charge in [0.2, 0.25) is 5.91 Å². The molecule has 11 heteroatoms. The molecule has 0 spiro atoms. The zero-order valence-electron chi connectivity index (χ0n) is 19.0. The summed E-state index contributed by atoms with van der Waals surface area (Å²) in [6, 6.07) is 9.64. The van der Waals surface area contributed by atoms with Gasteiger partial charge in [-0.3, -0.25) is 9.59 Å². The highest BCUT2D eigenvalue weighted by molar-refractivity contribution is 7.99. The summed E-state index contributed by atoms with van der Waals surface area (Å²) in [4.78, 5) is 25.3. The van der Waals surface area contributed by atoms with Crippen LogP contribution in [0.15, 0.2) is 41.6 Å². The van der Waals surface area contributed by atoms with Crippen molar-refractivity contribution in [3.63, 3.8) is 0 Å². The highest BCUT2D eigenvalue weighted by Crippen LogP contribution is 2.27. The molecule has 0 aliphatic rings. The van der Waals surface area contributed by atoms with Crippen molar-refractivity contribution in [3.8, 4) is 0 Å². The molecule has 0 bridgehead atoms. The Kier molecular flexibility index (Phi) is 8.87. The zero-order chi connectivity index (χ0) is 25.0. The molecule has 2 aromatic carbocycles. The van der Waals surface area contributed by atoms with Crippen LogP contribution in [0.1, 0.15) is 41.6 Å². The lowest BCUT2D eigenvalue weighted by Crippen LogP contribution is -2.33. The first-order valence-electron chi connectivity index (χ1n) is 10.4. The number of anilines is 1. The van der Waals surface area contributed by atoms with E-state index in [-0.39, 0.29) is 23.5 Å². The Morgan fingerprint density at radius 1 is 1.06 bits per heavy atom. The maximum atomic E-state index is 12.8. The van der Waals surface area contributed by atoms with Crippen LogP contribution in [-0.2, 0) is 11.8 Å². The van der Waals surface area contributed by atoms with Crippen LogP contribution < -0.4 is 10.6 Å². The van der Waals surface area contributed by atoms with Gasteiger partial charge in [0, 0.05) is 23.3 Å². The number of nitrogens with one attached hydrogen (secondary N) is 2. The number of carbonyl (C=O) groups is 2. The second-order valence-electron chi connectivity index (χ2n) is 8.02. The molecule has 180 valence electrons. The van der Waals surface area contributed by atoms with Crippen molar-refractivity contribution in [2.45, 2.75) is 32.0 Å². The molecular weight excluding hydrogens is 517 g/mol. The quantitative estimate of drug-likeness (QED) is 0.345. The number of hydrogen-bond donors (Lipinski definition) is 2. The van der Waals surface area contributed by atoms with Gasteiger partial charge in [-0.25, -0.2) is 0 Å². The summed E-state index contributed by atoms with van der Waals surface area (Å²) in [5, 5.41) is 16.2. The molecule has 2 amide bonds. The summed E-state index contributed by atoms with van der Waals surface area (Å²) in [6.45, 7) is 5.84. The van der Waals surface area contributed by atoms with Crippen LogP contribution in [0.3, 0.4) is 0 Å². The molecule has 2 N–H and O–H groups in total. The molecule has 3 aromatic rings. The van der Waals surface area contributed by atoms with E-state index in [2.05, 4.69) is 20.8 Å². The van der Waals surface area contributed by atoms with Crippen LogP contribution >= 0.6 is 46.6 Å². The number of carbonyl (C=O) groups excluding carboxylic acids is 2. The van der Waals surface area contributed by atoms with Crippen molar-refractivity contribution in [1.82, 2.24) is 20.1 Å². The van der Waals surface area contributed by atoms with Gasteiger partial charge in [0.15, 0.2) is 11.0 Å². The fourth-order valence-corrected chi connectivity index (χ4v) is 4.35. The summed E-state index contributed by atoms with van der Waals surface area (Å²) < 4.78 is 1.78. The van der Waals surface area contributed by atoms with Crippen molar-refractivity contribution in [2.24, 2.45) is 13.0 Å². The van der Waals surface area contributed by atoms with E-state index in [0.29, 0.717) is 37.3 Å². The van der Waals surface area contributed by atoms with Crippen LogP contribution in [0.25, 0.3) is 0 Å². The van der Waals surface area contributed by atoms with Crippen LogP contribution in [0.4, 0.5) is 5.69 Å². The van der Waals surface area contributed by atoms with Gasteiger partial charge in [-0.05, 0) is 48.7 Å². The maximum absolute atomic E-state index is 12.8. The number of rotatable bonds is 8. The molecule has 0 aliphatic heterocycles. The molecule has 34 heavy (non-hydrogen) atoms. The normalized spacial score (nSPS) is 12.0. The summed E-state index contributed by atoms with van der Waals surface area (Å²) in [5.41, 5.74) is 1.98. The summed E-state index contributed by atoms with van der Waals surface area (Å²) in [7, 11) is 1.80. The number of hydrogen-bond acceptors (Lipinski definition) is 5. The SMILES string of the molecule is Cc1ccc(Cl)cc1NC(=O)CSc1nnc([C@@H](NC(=O)c2ccc(Cl)c(Cl)c2)C(C)C)n1C. The van der Waals surface area contributed by atoms with E-state index in [4.69, 9.17) is 34.8 Å². The fraction of sp³-hybridized carbons (Fsp3) is 0.304. The predicted molar refractivity (Wildman–Crippen MR) is 138 cm³/mol. The highest BCUT2D eigenvalue weighted by atomic mass is 35.5. The average molecular weight is 541 g/mol. The third-order valence-electron chi connectivity index (χ3n) is 5.09. The van der Waals surface area contributed by atoms with E-state index in [1.54, 1.807) is 35.9 Å². The lowest BCUT2D eigenvalue weighted by molar-refractivity contribution is -0.113. The Balaban J connectivity index is 1.68. The van der Waals surface area contributed by atoms with E-state index in [1.807, 2.05) is 26.8 Å². The van der Waals surface area contributed by atoms with Crippen LogP contribution in [-0.4, -0.2) is 32.3 Å². The first-order valence-corrected chi connectivity index (χ1v) is 12.5. The number of halogens is 3. The van der Waals surface area contributed by atoms with E-state index >= 15 is 0 Å². The van der Waals surface area contributed by atoms with Gasteiger partial charge in [0.1, 0.15) is 0 Å². The van der Waals surface area contributed by atoms with E-state index in [9.17, 15) is 9.59 Å². The van der Waals surface area contributed by atoms with Crippen LogP contribution in [0.5, 0.6) is 0 Å². The Labute approximate surface area is 217 Å². The van der Waals surface area contributed by atoms with Crippen molar-refractivity contribution < 1.29 is 9.59 Å².